The Morgan fingerprint density at radius 3 is 2.38 bits per heavy atom. The van der Waals surface area contributed by atoms with Crippen molar-refractivity contribution in [2.24, 2.45) is 0 Å². The van der Waals surface area contributed by atoms with Crippen molar-refractivity contribution in [3.05, 3.63) is 29.8 Å². The Hall–Kier alpha value is -0.510. The van der Waals surface area contributed by atoms with Gasteiger partial charge in [-0.25, -0.2) is 0 Å². The molecule has 3 heteroatoms. The molecule has 1 aromatic carbocycles. The molecule has 1 atom stereocenters. The zero-order valence-electron chi connectivity index (χ0n) is 10.3. The lowest BCUT2D eigenvalue weighted by molar-refractivity contribution is 0.175. The molecule has 0 bridgehead atoms. The molecule has 1 unspecified atom stereocenters. The summed E-state index contributed by atoms with van der Waals surface area (Å²) in [5.41, 5.74) is 0.814. The van der Waals surface area contributed by atoms with Gasteiger partial charge in [-0.05, 0) is 43.8 Å². The average Bonchev–Trinajstić information content (AvgIpc) is 2.36. The molecule has 2 nitrogen and oxygen atoms in total. The summed E-state index contributed by atoms with van der Waals surface area (Å²) in [5, 5.41) is 12.9. The highest BCUT2D eigenvalue weighted by atomic mass is 32.2. The Kier molecular flexibility index (Phi) is 5.32. The lowest BCUT2D eigenvalue weighted by Crippen LogP contribution is -2.43. The maximum atomic E-state index is 9.52. The quantitative estimate of drug-likeness (QED) is 0.749. The fraction of sp³-hybridized carbons (Fsp3) is 0.538. The van der Waals surface area contributed by atoms with Crippen LogP contribution in [0.2, 0.25) is 0 Å². The molecule has 1 rings (SSSR count). The van der Waals surface area contributed by atoms with Gasteiger partial charge < -0.3 is 10.4 Å². The third-order valence-electron chi connectivity index (χ3n) is 2.81. The molecule has 0 saturated heterocycles. The molecule has 0 saturated carbocycles. The predicted octanol–water partition coefficient (Wildman–Crippen LogP) is 2.62. The second kappa shape index (κ2) is 6.28. The monoisotopic (exact) mass is 239 g/mol. The van der Waals surface area contributed by atoms with E-state index in [0.29, 0.717) is 0 Å². The SMILES string of the molecule is CCCNC(C)(CO)c1ccc(SC)cc1. The van der Waals surface area contributed by atoms with Crippen LogP contribution < -0.4 is 5.32 Å². The lowest BCUT2D eigenvalue weighted by Gasteiger charge is -2.29. The van der Waals surface area contributed by atoms with Crippen LogP contribution in [0.15, 0.2) is 29.2 Å². The Morgan fingerprint density at radius 1 is 1.31 bits per heavy atom. The summed E-state index contributed by atoms with van der Waals surface area (Å²) in [4.78, 5) is 1.25. The summed E-state index contributed by atoms with van der Waals surface area (Å²) in [6.45, 7) is 5.20. The first kappa shape index (κ1) is 13.6. The van der Waals surface area contributed by atoms with E-state index in [1.165, 1.54) is 4.90 Å². The zero-order valence-corrected chi connectivity index (χ0v) is 11.1. The van der Waals surface area contributed by atoms with Gasteiger partial charge in [-0.1, -0.05) is 19.1 Å². The average molecular weight is 239 g/mol. The summed E-state index contributed by atoms with van der Waals surface area (Å²) >= 11 is 1.73. The van der Waals surface area contributed by atoms with Gasteiger partial charge in [0.15, 0.2) is 0 Å². The fourth-order valence-corrected chi connectivity index (χ4v) is 2.02. The number of nitrogens with one attached hydrogen (secondary N) is 1. The maximum Gasteiger partial charge on any atom is 0.0652 e. The lowest BCUT2D eigenvalue weighted by atomic mass is 9.93. The van der Waals surface area contributed by atoms with Crippen molar-refractivity contribution in [3.8, 4) is 0 Å². The molecular weight excluding hydrogens is 218 g/mol. The third-order valence-corrected chi connectivity index (χ3v) is 3.55. The highest BCUT2D eigenvalue weighted by Gasteiger charge is 2.24. The van der Waals surface area contributed by atoms with Gasteiger partial charge in [-0.15, -0.1) is 11.8 Å². The van der Waals surface area contributed by atoms with E-state index in [-0.39, 0.29) is 12.1 Å². The first-order valence-electron chi connectivity index (χ1n) is 5.66. The molecule has 0 radical (unpaired) electrons. The van der Waals surface area contributed by atoms with Crippen molar-refractivity contribution in [3.63, 3.8) is 0 Å². The highest BCUT2D eigenvalue weighted by Crippen LogP contribution is 2.23. The smallest absolute Gasteiger partial charge is 0.0652 e. The molecule has 90 valence electrons. The van der Waals surface area contributed by atoms with Crippen molar-refractivity contribution in [2.45, 2.75) is 30.7 Å². The van der Waals surface area contributed by atoms with Crippen LogP contribution in [-0.2, 0) is 5.54 Å². The van der Waals surface area contributed by atoms with Crippen molar-refractivity contribution in [1.82, 2.24) is 5.32 Å². The first-order chi connectivity index (χ1) is 7.66. The molecule has 2 N–H and O–H groups in total. The minimum absolute atomic E-state index is 0.117. The van der Waals surface area contributed by atoms with E-state index in [0.717, 1.165) is 18.5 Å². The van der Waals surface area contributed by atoms with E-state index in [1.54, 1.807) is 11.8 Å². The first-order valence-corrected chi connectivity index (χ1v) is 6.89. The van der Waals surface area contributed by atoms with Crippen LogP contribution in [0.25, 0.3) is 0 Å². The molecule has 1 aromatic rings. The van der Waals surface area contributed by atoms with Crippen LogP contribution >= 0.6 is 11.8 Å². The summed E-state index contributed by atoms with van der Waals surface area (Å²) in [5.74, 6) is 0. The van der Waals surface area contributed by atoms with Crippen molar-refractivity contribution < 1.29 is 5.11 Å². The summed E-state index contributed by atoms with van der Waals surface area (Å²) in [6, 6.07) is 8.37. The molecule has 0 spiro atoms. The predicted molar refractivity (Wildman–Crippen MR) is 71.0 cm³/mol. The van der Waals surface area contributed by atoms with Gasteiger partial charge in [0.05, 0.1) is 12.1 Å². The van der Waals surface area contributed by atoms with Gasteiger partial charge >= 0.3 is 0 Å². The summed E-state index contributed by atoms with van der Waals surface area (Å²) in [7, 11) is 0. The van der Waals surface area contributed by atoms with Crippen LogP contribution in [0.4, 0.5) is 0 Å². The van der Waals surface area contributed by atoms with Gasteiger partial charge in [0, 0.05) is 4.90 Å². The number of aliphatic hydroxyl groups is 1. The Bertz CT molecular complexity index is 312. The minimum atomic E-state index is -0.326. The number of thioether (sulfide) groups is 1. The molecule has 0 aliphatic heterocycles. The van der Waals surface area contributed by atoms with Crippen LogP contribution in [0.1, 0.15) is 25.8 Å². The van der Waals surface area contributed by atoms with E-state index in [4.69, 9.17) is 0 Å². The van der Waals surface area contributed by atoms with Gasteiger partial charge in [0.2, 0.25) is 0 Å². The molecule has 0 fully saturated rings. The van der Waals surface area contributed by atoms with Gasteiger partial charge in [-0.3, -0.25) is 0 Å². The molecule has 0 amide bonds. The van der Waals surface area contributed by atoms with Gasteiger partial charge in [0.1, 0.15) is 0 Å². The number of rotatable bonds is 6. The Labute approximate surface area is 102 Å². The second-order valence-electron chi connectivity index (χ2n) is 4.15. The number of hydrogen-bond donors (Lipinski definition) is 2. The van der Waals surface area contributed by atoms with Crippen molar-refractivity contribution in [1.29, 1.82) is 0 Å². The van der Waals surface area contributed by atoms with Crippen molar-refractivity contribution in [2.75, 3.05) is 19.4 Å². The van der Waals surface area contributed by atoms with Gasteiger partial charge in [0.25, 0.3) is 0 Å². The maximum absolute atomic E-state index is 9.52. The molecule has 0 aliphatic carbocycles. The summed E-state index contributed by atoms with van der Waals surface area (Å²) < 4.78 is 0. The molecular formula is C13H21NOS. The molecule has 0 aliphatic rings. The normalized spacial score (nSPS) is 14.8. The highest BCUT2D eigenvalue weighted by molar-refractivity contribution is 7.98. The van der Waals surface area contributed by atoms with Crippen LogP contribution in [0.3, 0.4) is 0 Å². The number of benzene rings is 1. The Morgan fingerprint density at radius 2 is 1.94 bits per heavy atom. The second-order valence-corrected chi connectivity index (χ2v) is 5.03. The Balaban J connectivity index is 2.84. The minimum Gasteiger partial charge on any atom is -0.394 e. The van der Waals surface area contributed by atoms with Crippen LogP contribution in [0, 0.1) is 0 Å². The molecule has 0 heterocycles. The third kappa shape index (κ3) is 3.24. The van der Waals surface area contributed by atoms with E-state index < -0.39 is 0 Å². The largest absolute Gasteiger partial charge is 0.394 e. The fourth-order valence-electron chi connectivity index (χ4n) is 1.61. The van der Waals surface area contributed by atoms with E-state index in [9.17, 15) is 5.11 Å². The van der Waals surface area contributed by atoms with Crippen LogP contribution in [0.5, 0.6) is 0 Å². The van der Waals surface area contributed by atoms with E-state index >= 15 is 0 Å². The zero-order chi connectivity index (χ0) is 12.0. The molecule has 16 heavy (non-hydrogen) atoms. The topological polar surface area (TPSA) is 32.3 Å². The van der Waals surface area contributed by atoms with E-state index in [2.05, 4.69) is 42.8 Å². The summed E-state index contributed by atoms with van der Waals surface area (Å²) in [6.07, 6.45) is 3.13. The molecule has 0 aromatic heterocycles. The standard InChI is InChI=1S/C13H21NOS/c1-4-9-14-13(2,10-15)11-5-7-12(16-3)8-6-11/h5-8,14-15H,4,9-10H2,1-3H3. The number of aliphatic hydroxyl groups excluding tert-OH is 1. The number of hydrogen-bond acceptors (Lipinski definition) is 3. The van der Waals surface area contributed by atoms with Crippen LogP contribution in [-0.4, -0.2) is 24.5 Å². The van der Waals surface area contributed by atoms with Crippen molar-refractivity contribution >= 4 is 11.8 Å². The van der Waals surface area contributed by atoms with E-state index in [1.807, 2.05) is 6.92 Å². The van der Waals surface area contributed by atoms with Gasteiger partial charge in [-0.2, -0.15) is 0 Å².